The van der Waals surface area contributed by atoms with E-state index in [9.17, 15) is 4.79 Å². The van der Waals surface area contributed by atoms with Crippen LogP contribution in [0.15, 0.2) is 12.4 Å². The molecule has 0 spiro atoms. The first-order chi connectivity index (χ1) is 7.37. The van der Waals surface area contributed by atoms with Gasteiger partial charge in [-0.05, 0) is 33.3 Å². The number of aryl methyl sites for hydroxylation is 1. The summed E-state index contributed by atoms with van der Waals surface area (Å²) in [5.41, 5.74) is 0.775. The number of carbonyl (C=O) groups excluding carboxylic acids is 1. The van der Waals surface area contributed by atoms with E-state index in [1.165, 1.54) is 0 Å². The molecule has 0 radical (unpaired) electrons. The van der Waals surface area contributed by atoms with Crippen LogP contribution in [-0.2, 0) is 4.79 Å². The molecule has 5 heteroatoms. The van der Waals surface area contributed by atoms with Gasteiger partial charge in [0.2, 0.25) is 11.9 Å². The number of nitrogens with one attached hydrogen (secondary N) is 2. The Morgan fingerprint density at radius 1 is 1.31 bits per heavy atom. The Morgan fingerprint density at radius 3 is 2.38 bits per heavy atom. The largest absolute Gasteiger partial charge is 0.350 e. The van der Waals surface area contributed by atoms with E-state index in [1.807, 2.05) is 27.7 Å². The van der Waals surface area contributed by atoms with Gasteiger partial charge in [0, 0.05) is 17.9 Å². The molecule has 1 rings (SSSR count). The van der Waals surface area contributed by atoms with Gasteiger partial charge in [0.05, 0.1) is 6.54 Å². The molecule has 2 N–H and O–H groups in total. The summed E-state index contributed by atoms with van der Waals surface area (Å²) in [6, 6.07) is 0. The van der Waals surface area contributed by atoms with Crippen molar-refractivity contribution in [2.45, 2.75) is 33.2 Å². The van der Waals surface area contributed by atoms with Gasteiger partial charge in [-0.25, -0.2) is 9.97 Å². The van der Waals surface area contributed by atoms with E-state index in [4.69, 9.17) is 0 Å². The fourth-order valence-electron chi connectivity index (χ4n) is 1.11. The summed E-state index contributed by atoms with van der Waals surface area (Å²) in [5.74, 6) is 0.395. The van der Waals surface area contributed by atoms with Crippen LogP contribution in [0.5, 0.6) is 0 Å². The summed E-state index contributed by atoms with van der Waals surface area (Å²) < 4.78 is 0. The zero-order valence-corrected chi connectivity index (χ0v) is 10.2. The molecule has 0 aliphatic rings. The summed E-state index contributed by atoms with van der Waals surface area (Å²) in [6.07, 6.45) is 3.41. The van der Waals surface area contributed by atoms with E-state index >= 15 is 0 Å². The molecule has 1 amide bonds. The first-order valence-electron chi connectivity index (χ1n) is 5.20. The van der Waals surface area contributed by atoms with Crippen molar-refractivity contribution in [1.29, 1.82) is 0 Å². The fraction of sp³-hybridized carbons (Fsp3) is 0.545. The number of hydrogen-bond donors (Lipinski definition) is 2. The summed E-state index contributed by atoms with van der Waals surface area (Å²) in [7, 11) is 0. The van der Waals surface area contributed by atoms with Crippen LogP contribution in [0.25, 0.3) is 0 Å². The second-order valence-corrected chi connectivity index (χ2v) is 4.74. The van der Waals surface area contributed by atoms with E-state index in [-0.39, 0.29) is 18.0 Å². The predicted molar refractivity (Wildman–Crippen MR) is 63.2 cm³/mol. The van der Waals surface area contributed by atoms with Gasteiger partial charge >= 0.3 is 0 Å². The van der Waals surface area contributed by atoms with Crippen LogP contribution in [0.1, 0.15) is 26.3 Å². The van der Waals surface area contributed by atoms with Gasteiger partial charge in [-0.3, -0.25) is 4.79 Å². The Kier molecular flexibility index (Phi) is 3.82. The number of nitrogens with zero attached hydrogens (tertiary/aromatic N) is 2. The van der Waals surface area contributed by atoms with Crippen molar-refractivity contribution in [3.05, 3.63) is 18.0 Å². The molecule has 0 unspecified atom stereocenters. The molecule has 0 aliphatic carbocycles. The highest BCUT2D eigenvalue weighted by molar-refractivity contribution is 5.80. The molecule has 0 fully saturated rings. The van der Waals surface area contributed by atoms with Crippen LogP contribution in [0.4, 0.5) is 5.95 Å². The maximum atomic E-state index is 11.5. The number of anilines is 1. The van der Waals surface area contributed by atoms with Gasteiger partial charge in [0.1, 0.15) is 0 Å². The lowest BCUT2D eigenvalue weighted by Crippen LogP contribution is -2.43. The third-order valence-electron chi connectivity index (χ3n) is 1.70. The Balaban J connectivity index is 2.40. The zero-order chi connectivity index (χ0) is 12.2. The Hall–Kier alpha value is -1.65. The maximum absolute atomic E-state index is 11.5. The van der Waals surface area contributed by atoms with Crippen LogP contribution in [0.2, 0.25) is 0 Å². The third-order valence-corrected chi connectivity index (χ3v) is 1.70. The summed E-state index contributed by atoms with van der Waals surface area (Å²) in [5, 5.41) is 5.70. The molecule has 88 valence electrons. The second-order valence-electron chi connectivity index (χ2n) is 4.74. The van der Waals surface area contributed by atoms with Crippen molar-refractivity contribution >= 4 is 11.9 Å². The van der Waals surface area contributed by atoms with E-state index in [0.717, 1.165) is 5.56 Å². The molecule has 1 aromatic rings. The van der Waals surface area contributed by atoms with Gasteiger partial charge in [-0.1, -0.05) is 0 Å². The highest BCUT2D eigenvalue weighted by Gasteiger charge is 2.13. The first-order valence-corrected chi connectivity index (χ1v) is 5.20. The molecule has 0 aliphatic heterocycles. The maximum Gasteiger partial charge on any atom is 0.239 e. The summed E-state index contributed by atoms with van der Waals surface area (Å²) in [4.78, 5) is 19.6. The lowest BCUT2D eigenvalue weighted by Gasteiger charge is -2.20. The number of rotatable bonds is 3. The van der Waals surface area contributed by atoms with Crippen molar-refractivity contribution in [3.8, 4) is 0 Å². The first kappa shape index (κ1) is 12.4. The molecule has 1 aromatic heterocycles. The normalized spacial score (nSPS) is 11.0. The summed E-state index contributed by atoms with van der Waals surface area (Å²) >= 11 is 0. The molecule has 0 aromatic carbocycles. The summed E-state index contributed by atoms with van der Waals surface area (Å²) in [6.45, 7) is 7.91. The number of carbonyl (C=O) groups is 1. The molecule has 5 nitrogen and oxygen atoms in total. The van der Waals surface area contributed by atoms with Crippen LogP contribution < -0.4 is 10.6 Å². The molecule has 1 heterocycles. The average molecular weight is 222 g/mol. The quantitative estimate of drug-likeness (QED) is 0.804. The molecule has 0 saturated heterocycles. The number of amides is 1. The molecular formula is C11H18N4O. The third kappa shape index (κ3) is 4.72. The van der Waals surface area contributed by atoms with Gasteiger partial charge in [-0.2, -0.15) is 0 Å². The van der Waals surface area contributed by atoms with E-state index < -0.39 is 0 Å². The van der Waals surface area contributed by atoms with Crippen molar-refractivity contribution in [2.24, 2.45) is 0 Å². The van der Waals surface area contributed by atoms with E-state index in [0.29, 0.717) is 5.95 Å². The lowest BCUT2D eigenvalue weighted by molar-refractivity contribution is -0.120. The molecule has 16 heavy (non-hydrogen) atoms. The monoisotopic (exact) mass is 222 g/mol. The lowest BCUT2D eigenvalue weighted by atomic mass is 10.1. The smallest absolute Gasteiger partial charge is 0.239 e. The van der Waals surface area contributed by atoms with Crippen LogP contribution in [-0.4, -0.2) is 28.0 Å². The fourth-order valence-corrected chi connectivity index (χ4v) is 1.11. The SMILES string of the molecule is Cc1cnc(NCC(=O)NC(C)(C)C)nc1. The van der Waals surface area contributed by atoms with Gasteiger partial charge in [0.25, 0.3) is 0 Å². The zero-order valence-electron chi connectivity index (χ0n) is 10.2. The Bertz CT molecular complexity index is 353. The highest BCUT2D eigenvalue weighted by atomic mass is 16.2. The van der Waals surface area contributed by atoms with Crippen molar-refractivity contribution in [1.82, 2.24) is 15.3 Å². The van der Waals surface area contributed by atoms with Crippen molar-refractivity contribution < 1.29 is 4.79 Å². The van der Waals surface area contributed by atoms with Crippen LogP contribution >= 0.6 is 0 Å². The molecular weight excluding hydrogens is 204 g/mol. The minimum Gasteiger partial charge on any atom is -0.350 e. The minimum absolute atomic E-state index is 0.0725. The molecule has 0 bridgehead atoms. The standard InChI is InChI=1S/C11H18N4O/c1-8-5-12-10(13-6-8)14-7-9(16)15-11(2,3)4/h5-6H,7H2,1-4H3,(H,15,16)(H,12,13,14). The number of aromatic nitrogens is 2. The van der Waals surface area contributed by atoms with Gasteiger partial charge in [0.15, 0.2) is 0 Å². The van der Waals surface area contributed by atoms with Crippen LogP contribution in [0, 0.1) is 6.92 Å². The Morgan fingerprint density at radius 2 is 1.88 bits per heavy atom. The average Bonchev–Trinajstić information content (AvgIpc) is 2.14. The molecule has 0 saturated carbocycles. The molecule has 0 atom stereocenters. The minimum atomic E-state index is -0.215. The van der Waals surface area contributed by atoms with E-state index in [1.54, 1.807) is 12.4 Å². The second kappa shape index (κ2) is 4.92. The topological polar surface area (TPSA) is 66.9 Å². The highest BCUT2D eigenvalue weighted by Crippen LogP contribution is 1.99. The Labute approximate surface area is 95.7 Å². The number of hydrogen-bond acceptors (Lipinski definition) is 4. The van der Waals surface area contributed by atoms with Crippen molar-refractivity contribution in [3.63, 3.8) is 0 Å². The predicted octanol–water partition coefficient (Wildman–Crippen LogP) is 1.11. The van der Waals surface area contributed by atoms with E-state index in [2.05, 4.69) is 20.6 Å². The van der Waals surface area contributed by atoms with Crippen molar-refractivity contribution in [2.75, 3.05) is 11.9 Å². The van der Waals surface area contributed by atoms with Gasteiger partial charge < -0.3 is 10.6 Å². The van der Waals surface area contributed by atoms with Crippen LogP contribution in [0.3, 0.4) is 0 Å². The van der Waals surface area contributed by atoms with Gasteiger partial charge in [-0.15, -0.1) is 0 Å².